The van der Waals surface area contributed by atoms with Crippen molar-refractivity contribution in [2.45, 2.75) is 0 Å². The molecule has 0 atom stereocenters. The van der Waals surface area contributed by atoms with Gasteiger partial charge < -0.3 is 15.2 Å². The quantitative estimate of drug-likeness (QED) is 0.779. The van der Waals surface area contributed by atoms with Crippen molar-refractivity contribution in [2.24, 2.45) is 0 Å². The Bertz CT molecular complexity index is 543. The first-order chi connectivity index (χ1) is 7.83. The third-order valence-electron chi connectivity index (χ3n) is 2.34. The van der Waals surface area contributed by atoms with Crippen molar-refractivity contribution >= 4 is 5.95 Å². The van der Waals surface area contributed by atoms with E-state index in [0.29, 0.717) is 0 Å². The molecule has 3 rings (SSSR count). The molecule has 2 heterocycles. The van der Waals surface area contributed by atoms with Gasteiger partial charge >= 0.3 is 0 Å². The van der Waals surface area contributed by atoms with Gasteiger partial charge in [-0.3, -0.25) is 0 Å². The molecule has 0 amide bonds. The summed E-state index contributed by atoms with van der Waals surface area (Å²) >= 11 is 0. The van der Waals surface area contributed by atoms with Crippen LogP contribution in [0.2, 0.25) is 0 Å². The van der Waals surface area contributed by atoms with E-state index >= 15 is 0 Å². The van der Waals surface area contributed by atoms with Gasteiger partial charge in [0.25, 0.3) is 0 Å². The summed E-state index contributed by atoms with van der Waals surface area (Å²) in [4.78, 5) is 7.99. The smallest absolute Gasteiger partial charge is 0.231 e. The van der Waals surface area contributed by atoms with Gasteiger partial charge in [0.05, 0.1) is 5.69 Å². The number of aromatic nitrogens is 2. The number of hydrogen-bond donors (Lipinski definition) is 1. The van der Waals surface area contributed by atoms with Crippen LogP contribution in [0, 0.1) is 0 Å². The summed E-state index contributed by atoms with van der Waals surface area (Å²) in [7, 11) is 0. The van der Waals surface area contributed by atoms with Gasteiger partial charge in [-0.25, -0.2) is 9.97 Å². The van der Waals surface area contributed by atoms with Gasteiger partial charge in [-0.1, -0.05) is 0 Å². The van der Waals surface area contributed by atoms with Crippen LogP contribution in [0.1, 0.15) is 0 Å². The molecule has 1 aromatic carbocycles. The number of nitrogens with two attached hydrogens (primary N) is 1. The molecule has 1 aromatic heterocycles. The fourth-order valence-electron chi connectivity index (χ4n) is 1.59. The zero-order valence-corrected chi connectivity index (χ0v) is 8.38. The van der Waals surface area contributed by atoms with Crippen molar-refractivity contribution in [1.82, 2.24) is 9.97 Å². The second-order valence-electron chi connectivity index (χ2n) is 3.37. The highest BCUT2D eigenvalue weighted by Gasteiger charge is 2.14. The van der Waals surface area contributed by atoms with Gasteiger partial charge in [0.2, 0.25) is 12.7 Å². The summed E-state index contributed by atoms with van der Waals surface area (Å²) in [6.07, 6.45) is 1.63. The molecule has 2 aromatic rings. The van der Waals surface area contributed by atoms with Crippen LogP contribution in [0.25, 0.3) is 11.3 Å². The maximum absolute atomic E-state index is 5.53. The molecule has 0 saturated heterocycles. The second kappa shape index (κ2) is 3.37. The van der Waals surface area contributed by atoms with Gasteiger partial charge in [0, 0.05) is 11.8 Å². The van der Waals surface area contributed by atoms with Gasteiger partial charge in [-0.2, -0.15) is 0 Å². The SMILES string of the molecule is Nc1nccc(-c2ccc3c(c2)OCO3)n1. The van der Waals surface area contributed by atoms with Gasteiger partial charge in [-0.15, -0.1) is 0 Å². The Morgan fingerprint density at radius 3 is 2.88 bits per heavy atom. The van der Waals surface area contributed by atoms with Gasteiger partial charge in [0.1, 0.15) is 0 Å². The highest BCUT2D eigenvalue weighted by atomic mass is 16.7. The lowest BCUT2D eigenvalue weighted by molar-refractivity contribution is 0.174. The standard InChI is InChI=1S/C11H9N3O2/c12-11-13-4-3-8(14-11)7-1-2-9-10(5-7)16-6-15-9/h1-5H,6H2,(H2,12,13,14). The lowest BCUT2D eigenvalue weighted by atomic mass is 10.1. The maximum Gasteiger partial charge on any atom is 0.231 e. The van der Waals surface area contributed by atoms with Crippen molar-refractivity contribution in [3.05, 3.63) is 30.5 Å². The van der Waals surface area contributed by atoms with Crippen molar-refractivity contribution in [3.8, 4) is 22.8 Å². The first kappa shape index (κ1) is 8.96. The van der Waals surface area contributed by atoms with E-state index in [9.17, 15) is 0 Å². The Hall–Kier alpha value is -2.30. The Labute approximate surface area is 91.9 Å². The topological polar surface area (TPSA) is 70.3 Å². The van der Waals surface area contributed by atoms with Crippen LogP contribution in [0.15, 0.2) is 30.5 Å². The molecule has 0 radical (unpaired) electrons. The van der Waals surface area contributed by atoms with Crippen LogP contribution >= 0.6 is 0 Å². The van der Waals surface area contributed by atoms with Crippen LogP contribution < -0.4 is 15.2 Å². The van der Waals surface area contributed by atoms with E-state index in [1.807, 2.05) is 18.2 Å². The number of hydrogen-bond acceptors (Lipinski definition) is 5. The molecular formula is C11H9N3O2. The van der Waals surface area contributed by atoms with Crippen molar-refractivity contribution < 1.29 is 9.47 Å². The highest BCUT2D eigenvalue weighted by Crippen LogP contribution is 2.35. The molecule has 80 valence electrons. The monoisotopic (exact) mass is 215 g/mol. The normalized spacial score (nSPS) is 12.8. The van der Waals surface area contributed by atoms with E-state index in [-0.39, 0.29) is 12.7 Å². The van der Waals surface area contributed by atoms with E-state index in [2.05, 4.69) is 9.97 Å². The molecule has 0 bridgehead atoms. The minimum atomic E-state index is 0.259. The lowest BCUT2D eigenvalue weighted by Crippen LogP contribution is -1.95. The minimum Gasteiger partial charge on any atom is -0.454 e. The highest BCUT2D eigenvalue weighted by molar-refractivity contribution is 5.64. The predicted molar refractivity (Wildman–Crippen MR) is 58.0 cm³/mol. The average molecular weight is 215 g/mol. The summed E-state index contributed by atoms with van der Waals surface area (Å²) in [5.41, 5.74) is 7.23. The Balaban J connectivity index is 2.07. The molecule has 0 fully saturated rings. The number of anilines is 1. The Morgan fingerprint density at radius 2 is 2.00 bits per heavy atom. The third kappa shape index (κ3) is 1.42. The van der Waals surface area contributed by atoms with E-state index in [1.54, 1.807) is 12.3 Å². The number of ether oxygens (including phenoxy) is 2. The lowest BCUT2D eigenvalue weighted by Gasteiger charge is -2.02. The van der Waals surface area contributed by atoms with E-state index in [0.717, 1.165) is 22.8 Å². The number of rotatable bonds is 1. The van der Waals surface area contributed by atoms with Crippen molar-refractivity contribution in [1.29, 1.82) is 0 Å². The van der Waals surface area contributed by atoms with Crippen LogP contribution in [-0.4, -0.2) is 16.8 Å². The molecule has 1 aliphatic rings. The number of nitrogen functional groups attached to an aromatic ring is 1. The average Bonchev–Trinajstić information content (AvgIpc) is 2.75. The number of nitrogens with zero attached hydrogens (tertiary/aromatic N) is 2. The van der Waals surface area contributed by atoms with E-state index in [1.165, 1.54) is 0 Å². The maximum atomic E-state index is 5.53. The van der Waals surface area contributed by atoms with Crippen LogP contribution in [-0.2, 0) is 0 Å². The largest absolute Gasteiger partial charge is 0.454 e. The zero-order chi connectivity index (χ0) is 11.0. The number of fused-ring (bicyclic) bond motifs is 1. The first-order valence-corrected chi connectivity index (χ1v) is 4.81. The summed E-state index contributed by atoms with van der Waals surface area (Å²) in [5, 5.41) is 0. The molecule has 5 nitrogen and oxygen atoms in total. The zero-order valence-electron chi connectivity index (χ0n) is 8.38. The molecule has 0 spiro atoms. The van der Waals surface area contributed by atoms with Gasteiger partial charge in [-0.05, 0) is 24.3 Å². The van der Waals surface area contributed by atoms with E-state index in [4.69, 9.17) is 15.2 Å². The first-order valence-electron chi connectivity index (χ1n) is 4.81. The summed E-state index contributed by atoms with van der Waals surface area (Å²) in [5.74, 6) is 1.75. The third-order valence-corrected chi connectivity index (χ3v) is 2.34. The number of benzene rings is 1. The fourth-order valence-corrected chi connectivity index (χ4v) is 1.59. The molecule has 0 saturated carbocycles. The summed E-state index contributed by atoms with van der Waals surface area (Å²) in [6.45, 7) is 0.269. The second-order valence-corrected chi connectivity index (χ2v) is 3.37. The fraction of sp³-hybridized carbons (Fsp3) is 0.0909. The minimum absolute atomic E-state index is 0.259. The molecule has 1 aliphatic heterocycles. The van der Waals surface area contributed by atoms with Crippen LogP contribution in [0.3, 0.4) is 0 Å². The molecule has 2 N–H and O–H groups in total. The van der Waals surface area contributed by atoms with E-state index < -0.39 is 0 Å². The summed E-state index contributed by atoms with van der Waals surface area (Å²) < 4.78 is 10.5. The van der Waals surface area contributed by atoms with Crippen LogP contribution in [0.5, 0.6) is 11.5 Å². The molecule has 16 heavy (non-hydrogen) atoms. The Morgan fingerprint density at radius 1 is 1.12 bits per heavy atom. The van der Waals surface area contributed by atoms with Crippen molar-refractivity contribution in [2.75, 3.05) is 12.5 Å². The summed E-state index contributed by atoms with van der Waals surface area (Å²) in [6, 6.07) is 7.45. The molecule has 5 heteroatoms. The van der Waals surface area contributed by atoms with Gasteiger partial charge in [0.15, 0.2) is 11.5 Å². The molecule has 0 aliphatic carbocycles. The van der Waals surface area contributed by atoms with Crippen molar-refractivity contribution in [3.63, 3.8) is 0 Å². The Kier molecular flexibility index (Phi) is 1.89. The predicted octanol–water partition coefficient (Wildman–Crippen LogP) is 1.45. The molecular weight excluding hydrogens is 206 g/mol. The van der Waals surface area contributed by atoms with Crippen LogP contribution in [0.4, 0.5) is 5.95 Å². The molecule has 0 unspecified atom stereocenters.